The zero-order valence-corrected chi connectivity index (χ0v) is 18.7. The van der Waals surface area contributed by atoms with E-state index in [1.54, 1.807) is 0 Å². The minimum absolute atomic E-state index is 0.373. The highest BCUT2D eigenvalue weighted by molar-refractivity contribution is 8.13. The van der Waals surface area contributed by atoms with Gasteiger partial charge in [0.25, 0.3) is 9.05 Å². The molecule has 0 amide bonds. The Morgan fingerprint density at radius 2 is 1.04 bits per heavy atom. The van der Waals surface area contributed by atoms with E-state index in [1.807, 2.05) is 6.07 Å². The van der Waals surface area contributed by atoms with Crippen molar-refractivity contribution in [2.45, 2.75) is 119 Å². The van der Waals surface area contributed by atoms with Crippen molar-refractivity contribution in [3.8, 4) is 0 Å². The molecule has 0 radical (unpaired) electrons. The van der Waals surface area contributed by atoms with E-state index >= 15 is 0 Å². The zero-order valence-electron chi connectivity index (χ0n) is 17.1. The summed E-state index contributed by atoms with van der Waals surface area (Å²) in [5, 5.41) is 0. The number of benzene rings is 1. The van der Waals surface area contributed by atoms with Gasteiger partial charge >= 0.3 is 0 Å². The predicted molar refractivity (Wildman–Crippen MR) is 117 cm³/mol. The van der Waals surface area contributed by atoms with Crippen LogP contribution in [0.3, 0.4) is 0 Å². The third-order valence-corrected chi connectivity index (χ3v) is 9.00. The lowest BCUT2D eigenvalue weighted by Gasteiger charge is -2.35. The summed E-state index contributed by atoms with van der Waals surface area (Å²) in [7, 11) is 2.28. The summed E-state index contributed by atoms with van der Waals surface area (Å²) >= 11 is 0. The SMILES string of the molecule is O=S(=O)(Cl)c1ccc(C2CCCCC2)c(C2CCCCC2)c1C1CCCCC1. The smallest absolute Gasteiger partial charge is 0.207 e. The summed E-state index contributed by atoms with van der Waals surface area (Å²) in [6.07, 6.45) is 18.7. The van der Waals surface area contributed by atoms with Gasteiger partial charge in [-0.1, -0.05) is 63.9 Å². The monoisotopic (exact) mass is 422 g/mol. The van der Waals surface area contributed by atoms with E-state index in [1.165, 1.54) is 94.6 Å². The summed E-state index contributed by atoms with van der Waals surface area (Å²) in [4.78, 5) is 0.432. The van der Waals surface area contributed by atoms with Crippen LogP contribution in [-0.4, -0.2) is 8.42 Å². The maximum atomic E-state index is 12.6. The lowest BCUT2D eigenvalue weighted by Crippen LogP contribution is -2.19. The Balaban J connectivity index is 1.88. The molecule has 0 aliphatic heterocycles. The van der Waals surface area contributed by atoms with Crippen LogP contribution in [0, 0.1) is 0 Å². The highest BCUT2D eigenvalue weighted by Crippen LogP contribution is 2.48. The molecule has 4 heteroatoms. The van der Waals surface area contributed by atoms with Crippen molar-refractivity contribution in [3.63, 3.8) is 0 Å². The van der Waals surface area contributed by atoms with Crippen molar-refractivity contribution >= 4 is 19.7 Å². The minimum atomic E-state index is -3.72. The first kappa shape index (κ1) is 20.7. The van der Waals surface area contributed by atoms with Gasteiger partial charge in [-0.05, 0) is 79.0 Å². The maximum Gasteiger partial charge on any atom is 0.261 e. The molecule has 156 valence electrons. The highest BCUT2D eigenvalue weighted by Gasteiger charge is 2.33. The largest absolute Gasteiger partial charge is 0.261 e. The van der Waals surface area contributed by atoms with E-state index in [2.05, 4.69) is 6.07 Å². The standard InChI is InChI=1S/C24H35ClO2S/c25-28(26,27)22-17-16-21(18-10-4-1-5-11-18)23(19-12-6-2-7-13-19)24(22)20-14-8-3-9-15-20/h16-20H,1-15H2. The Morgan fingerprint density at radius 1 is 0.607 bits per heavy atom. The molecule has 4 rings (SSSR count). The quantitative estimate of drug-likeness (QED) is 0.464. The molecule has 28 heavy (non-hydrogen) atoms. The third kappa shape index (κ3) is 4.46. The van der Waals surface area contributed by atoms with E-state index in [-0.39, 0.29) is 0 Å². The Labute approximate surface area is 175 Å². The number of hydrogen-bond acceptors (Lipinski definition) is 2. The van der Waals surface area contributed by atoms with E-state index < -0.39 is 9.05 Å². The zero-order chi connectivity index (χ0) is 19.6. The van der Waals surface area contributed by atoms with Crippen molar-refractivity contribution < 1.29 is 8.42 Å². The summed E-state index contributed by atoms with van der Waals surface area (Å²) in [6, 6.07) is 4.02. The van der Waals surface area contributed by atoms with Gasteiger partial charge in [0.15, 0.2) is 0 Å². The Kier molecular flexibility index (Phi) is 6.72. The van der Waals surface area contributed by atoms with Crippen LogP contribution in [0.2, 0.25) is 0 Å². The molecular weight excluding hydrogens is 388 g/mol. The van der Waals surface area contributed by atoms with Crippen molar-refractivity contribution in [2.24, 2.45) is 0 Å². The molecule has 3 fully saturated rings. The van der Waals surface area contributed by atoms with Crippen molar-refractivity contribution in [1.82, 2.24) is 0 Å². The van der Waals surface area contributed by atoms with Gasteiger partial charge in [0, 0.05) is 10.7 Å². The van der Waals surface area contributed by atoms with E-state index in [0.29, 0.717) is 22.6 Å². The predicted octanol–water partition coefficient (Wildman–Crippen LogP) is 7.76. The molecule has 1 aromatic carbocycles. The second kappa shape index (κ2) is 9.08. The highest BCUT2D eigenvalue weighted by atomic mass is 35.7. The van der Waals surface area contributed by atoms with Gasteiger partial charge in [-0.3, -0.25) is 0 Å². The molecule has 3 aliphatic rings. The summed E-state index contributed by atoms with van der Waals surface area (Å²) in [5.41, 5.74) is 4.06. The molecule has 0 bridgehead atoms. The van der Waals surface area contributed by atoms with Crippen molar-refractivity contribution in [3.05, 3.63) is 28.8 Å². The van der Waals surface area contributed by atoms with Gasteiger partial charge in [-0.15, -0.1) is 0 Å². The molecule has 0 atom stereocenters. The molecule has 0 unspecified atom stereocenters. The second-order valence-electron chi connectivity index (χ2n) is 9.42. The Hall–Kier alpha value is -0.540. The number of hydrogen-bond donors (Lipinski definition) is 0. The average Bonchev–Trinajstić information content (AvgIpc) is 2.74. The van der Waals surface area contributed by atoms with Gasteiger partial charge in [0.2, 0.25) is 0 Å². The first-order chi connectivity index (χ1) is 13.6. The number of halogens is 1. The van der Waals surface area contributed by atoms with Crippen LogP contribution in [0.15, 0.2) is 17.0 Å². The van der Waals surface area contributed by atoms with Crippen LogP contribution in [0.1, 0.15) is 131 Å². The van der Waals surface area contributed by atoms with Gasteiger partial charge < -0.3 is 0 Å². The summed E-state index contributed by atoms with van der Waals surface area (Å²) < 4.78 is 25.2. The fourth-order valence-corrected chi connectivity index (χ4v) is 7.45. The molecule has 0 N–H and O–H groups in total. The van der Waals surface area contributed by atoms with E-state index in [4.69, 9.17) is 10.7 Å². The molecule has 3 aliphatic carbocycles. The van der Waals surface area contributed by atoms with Crippen LogP contribution in [0.5, 0.6) is 0 Å². The van der Waals surface area contributed by atoms with Gasteiger partial charge in [0.05, 0.1) is 4.90 Å². The Morgan fingerprint density at radius 3 is 1.50 bits per heavy atom. The number of rotatable bonds is 4. The van der Waals surface area contributed by atoms with Crippen LogP contribution in [-0.2, 0) is 9.05 Å². The van der Waals surface area contributed by atoms with Crippen LogP contribution >= 0.6 is 10.7 Å². The van der Waals surface area contributed by atoms with Crippen LogP contribution in [0.25, 0.3) is 0 Å². The molecule has 0 saturated heterocycles. The van der Waals surface area contributed by atoms with Gasteiger partial charge in [0.1, 0.15) is 0 Å². The van der Waals surface area contributed by atoms with E-state index in [9.17, 15) is 8.42 Å². The minimum Gasteiger partial charge on any atom is -0.207 e. The fraction of sp³-hybridized carbons (Fsp3) is 0.750. The van der Waals surface area contributed by atoms with Gasteiger partial charge in [-0.25, -0.2) is 8.42 Å². The maximum absolute atomic E-state index is 12.6. The Bertz CT molecular complexity index is 768. The average molecular weight is 423 g/mol. The van der Waals surface area contributed by atoms with Crippen LogP contribution < -0.4 is 0 Å². The normalized spacial score (nSPS) is 23.8. The van der Waals surface area contributed by atoms with Crippen molar-refractivity contribution in [2.75, 3.05) is 0 Å². The summed E-state index contributed by atoms with van der Waals surface area (Å²) in [6.45, 7) is 0. The van der Waals surface area contributed by atoms with Gasteiger partial charge in [-0.2, -0.15) is 0 Å². The lowest BCUT2D eigenvalue weighted by molar-refractivity contribution is 0.401. The molecule has 0 spiro atoms. The molecular formula is C24H35ClO2S. The molecule has 0 heterocycles. The first-order valence-corrected chi connectivity index (χ1v) is 14.0. The third-order valence-electron chi connectivity index (χ3n) is 7.62. The molecule has 0 aromatic heterocycles. The molecule has 3 saturated carbocycles. The molecule has 2 nitrogen and oxygen atoms in total. The first-order valence-electron chi connectivity index (χ1n) is 11.7. The van der Waals surface area contributed by atoms with Crippen molar-refractivity contribution in [1.29, 1.82) is 0 Å². The second-order valence-corrected chi connectivity index (χ2v) is 12.0. The topological polar surface area (TPSA) is 34.1 Å². The summed E-state index contributed by atoms with van der Waals surface area (Å²) in [5.74, 6) is 1.51. The van der Waals surface area contributed by atoms with E-state index in [0.717, 1.165) is 18.4 Å². The lowest BCUT2D eigenvalue weighted by atomic mass is 9.71. The van der Waals surface area contributed by atoms with Crippen LogP contribution in [0.4, 0.5) is 0 Å². The fourth-order valence-electron chi connectivity index (χ4n) is 6.27. The molecule has 1 aromatic rings.